The van der Waals surface area contributed by atoms with E-state index in [1.807, 2.05) is 30.3 Å². The number of carbonyl (C=O) groups is 2. The van der Waals surface area contributed by atoms with Gasteiger partial charge in [0.05, 0.1) is 19.3 Å². The molecule has 3 aromatic rings. The largest absolute Gasteiger partial charge is 0.504 e. The fourth-order valence-electron chi connectivity index (χ4n) is 4.67. The predicted octanol–water partition coefficient (Wildman–Crippen LogP) is -0.342. The fraction of sp³-hybridized carbons (Fsp3) is 0.344. The van der Waals surface area contributed by atoms with Crippen LogP contribution in [0.15, 0.2) is 59.6 Å². The average Bonchev–Trinajstić information content (AvgIpc) is 3.10. The van der Waals surface area contributed by atoms with E-state index in [0.717, 1.165) is 29.8 Å². The van der Waals surface area contributed by atoms with E-state index < -0.39 is 71.7 Å². The van der Waals surface area contributed by atoms with E-state index >= 15 is 0 Å². The minimum absolute atomic E-state index is 0.00209. The number of benzene rings is 3. The molecule has 1 fully saturated rings. The van der Waals surface area contributed by atoms with Gasteiger partial charge in [0, 0.05) is 19.5 Å². The van der Waals surface area contributed by atoms with Gasteiger partial charge < -0.3 is 75.2 Å². The number of phenols is 2. The summed E-state index contributed by atoms with van der Waals surface area (Å²) < 4.78 is 32.3. The monoisotopic (exact) mass is 703 g/mol. The molecule has 18 heteroatoms. The summed E-state index contributed by atoms with van der Waals surface area (Å²) in [5.74, 6) is -5.34. The molecule has 0 spiro atoms. The number of guanidine groups is 1. The number of carbonyl (C=O) groups excluding carboxylic acids is 1. The predicted molar refractivity (Wildman–Crippen MR) is 170 cm³/mol. The first kappa shape index (κ1) is 37.3. The number of hydrogen-bond donors (Lipinski definition) is 9. The number of nitrogens with two attached hydrogens (primary N) is 1. The minimum Gasteiger partial charge on any atom is -0.504 e. The molecule has 6 atom stereocenters. The molecule has 3 aromatic carbocycles. The lowest BCUT2D eigenvalue weighted by molar-refractivity contribution is -0.309. The van der Waals surface area contributed by atoms with E-state index in [1.54, 1.807) is 0 Å². The van der Waals surface area contributed by atoms with Crippen LogP contribution in [0, 0.1) is 0 Å². The second-order valence-corrected chi connectivity index (χ2v) is 10.6. The number of aliphatic imine (C=N–C) groups is 1. The van der Waals surface area contributed by atoms with Crippen LogP contribution in [0.2, 0.25) is 0 Å². The fourth-order valence-corrected chi connectivity index (χ4v) is 4.67. The van der Waals surface area contributed by atoms with E-state index in [0.29, 0.717) is 6.42 Å². The summed E-state index contributed by atoms with van der Waals surface area (Å²) in [6.45, 7) is -0.327. The minimum atomic E-state index is -2.35. The molecule has 0 aliphatic carbocycles. The zero-order chi connectivity index (χ0) is 36.5. The van der Waals surface area contributed by atoms with Gasteiger partial charge in [0.15, 0.2) is 41.8 Å². The van der Waals surface area contributed by atoms with Gasteiger partial charge in [-0.2, -0.15) is 0 Å². The molecule has 0 aromatic heterocycles. The second-order valence-electron chi connectivity index (χ2n) is 10.6. The Morgan fingerprint density at radius 3 is 2.34 bits per heavy atom. The highest BCUT2D eigenvalue weighted by molar-refractivity contribution is 5.95. The van der Waals surface area contributed by atoms with Crippen LogP contribution in [0.4, 0.5) is 0 Å². The van der Waals surface area contributed by atoms with Gasteiger partial charge in [-0.3, -0.25) is 4.99 Å². The number of aliphatic hydroxyl groups is 4. The van der Waals surface area contributed by atoms with E-state index in [-0.39, 0.29) is 42.1 Å². The number of methoxy groups -OCH3 is 1. The number of aromatic carboxylic acids is 1. The molecule has 0 unspecified atom stereocenters. The Morgan fingerprint density at radius 2 is 1.68 bits per heavy atom. The summed E-state index contributed by atoms with van der Waals surface area (Å²) in [4.78, 5) is 28.4. The van der Waals surface area contributed by atoms with Crippen LogP contribution in [-0.2, 0) is 15.9 Å². The van der Waals surface area contributed by atoms with Gasteiger partial charge in [-0.25, -0.2) is 9.59 Å². The number of aromatic hydroxyl groups is 2. The third kappa shape index (κ3) is 8.73. The molecule has 1 heterocycles. The number of ether oxygens (including phenoxy) is 6. The van der Waals surface area contributed by atoms with Gasteiger partial charge >= 0.3 is 11.9 Å². The van der Waals surface area contributed by atoms with Crippen molar-refractivity contribution in [3.05, 3.63) is 71.3 Å². The molecule has 50 heavy (non-hydrogen) atoms. The maximum Gasteiger partial charge on any atom is 0.344 e. The molecule has 18 nitrogen and oxygen atoms in total. The molecule has 0 bridgehead atoms. The van der Waals surface area contributed by atoms with Crippen LogP contribution in [0.5, 0.6) is 34.5 Å². The van der Waals surface area contributed by atoms with Crippen molar-refractivity contribution >= 4 is 17.9 Å². The number of nitrogens with one attached hydrogen (secondary N) is 1. The van der Waals surface area contributed by atoms with Crippen molar-refractivity contribution in [3.8, 4) is 34.5 Å². The van der Waals surface area contributed by atoms with Crippen LogP contribution in [0.1, 0.15) is 26.3 Å². The van der Waals surface area contributed by atoms with E-state index in [2.05, 4.69) is 10.3 Å². The van der Waals surface area contributed by atoms with Crippen LogP contribution in [0.25, 0.3) is 0 Å². The highest BCUT2D eigenvalue weighted by Crippen LogP contribution is 2.46. The van der Waals surface area contributed by atoms with Crippen molar-refractivity contribution in [2.75, 3.05) is 27.5 Å². The number of esters is 1. The average molecular weight is 704 g/mol. The zero-order valence-electron chi connectivity index (χ0n) is 26.7. The maximum absolute atomic E-state index is 13.2. The normalized spacial score (nSPS) is 21.1. The topological polar surface area (TPSA) is 282 Å². The summed E-state index contributed by atoms with van der Waals surface area (Å²) in [6.07, 6.45) is -11.8. The van der Waals surface area contributed by atoms with Crippen LogP contribution in [0.3, 0.4) is 0 Å². The Morgan fingerprint density at radius 1 is 0.960 bits per heavy atom. The molecule has 270 valence electrons. The molecule has 4 rings (SSSR count). The van der Waals surface area contributed by atoms with Crippen molar-refractivity contribution in [2.24, 2.45) is 10.7 Å². The molecular weight excluding hydrogens is 666 g/mol. The highest BCUT2D eigenvalue weighted by atomic mass is 16.7. The summed E-state index contributed by atoms with van der Waals surface area (Å²) in [5, 5.41) is 76.0. The lowest BCUT2D eigenvalue weighted by Crippen LogP contribution is -2.62. The van der Waals surface area contributed by atoms with Crippen LogP contribution < -0.4 is 30.0 Å². The summed E-state index contributed by atoms with van der Waals surface area (Å²) in [5.41, 5.74) is 5.64. The van der Waals surface area contributed by atoms with E-state index in [1.165, 1.54) is 14.2 Å². The van der Waals surface area contributed by atoms with E-state index in [9.17, 15) is 45.3 Å². The number of aliphatic hydroxyl groups excluding tert-OH is 4. The Hall–Kier alpha value is -5.53. The van der Waals surface area contributed by atoms with Gasteiger partial charge in [0.25, 0.3) is 0 Å². The number of rotatable bonds is 14. The van der Waals surface area contributed by atoms with Gasteiger partial charge in [0.1, 0.15) is 23.9 Å². The molecule has 0 saturated carbocycles. The van der Waals surface area contributed by atoms with E-state index in [4.69, 9.17) is 34.2 Å². The van der Waals surface area contributed by atoms with Crippen molar-refractivity contribution < 1.29 is 73.8 Å². The third-order valence-electron chi connectivity index (χ3n) is 7.38. The zero-order valence-corrected chi connectivity index (χ0v) is 26.7. The van der Waals surface area contributed by atoms with Gasteiger partial charge in [-0.1, -0.05) is 30.3 Å². The SMILES string of the molecule is CN=C(N)NCOc1cc(C(=O)O)ccc1O[C@@H]1O[C@H]([C@@H](O)OC(=O)c2cc(OC)c(O)c(OCCc3ccccc3)c2O)[C@@H](O)[C@H](O)[C@H]1O. The number of hydrogen-bond acceptors (Lipinski definition) is 15. The van der Waals surface area contributed by atoms with Crippen molar-refractivity contribution in [3.63, 3.8) is 0 Å². The van der Waals surface area contributed by atoms with Crippen molar-refractivity contribution in [1.29, 1.82) is 0 Å². The summed E-state index contributed by atoms with van der Waals surface area (Å²) in [6, 6.07) is 13.5. The Kier molecular flexibility index (Phi) is 12.5. The number of phenolic OH excluding ortho intramolecular Hbond substituents is 2. The molecule has 0 radical (unpaired) electrons. The van der Waals surface area contributed by atoms with Gasteiger partial charge in [-0.05, 0) is 23.8 Å². The first-order valence-corrected chi connectivity index (χ1v) is 14.9. The molecule has 1 saturated heterocycles. The van der Waals surface area contributed by atoms with Gasteiger partial charge in [-0.15, -0.1) is 0 Å². The second kappa shape index (κ2) is 16.7. The Labute approximate surface area is 284 Å². The lowest BCUT2D eigenvalue weighted by Gasteiger charge is -2.41. The van der Waals surface area contributed by atoms with Crippen LogP contribution in [-0.4, -0.2) is 118 Å². The maximum atomic E-state index is 13.2. The lowest BCUT2D eigenvalue weighted by atomic mass is 9.98. The standard InChI is InChI=1S/C32H37N3O15/c1-34-32(33)35-14-47-19-12-16(28(41)42)8-9-18(19)48-31-25(40)23(38)24(39)27(49-31)30(44)50-29(43)17-13-20(45-2)22(37)26(21(17)36)46-11-10-15-6-4-3-5-7-15/h3-9,12-13,23-25,27,30-31,36-40,44H,10-11,14H2,1-2H3,(H,41,42)(H3,33,34,35)/t23-,24-,25+,27-,30-,31+/m0/s1. The Balaban J connectivity index is 1.51. The summed E-state index contributed by atoms with van der Waals surface area (Å²) in [7, 11) is 2.59. The Bertz CT molecular complexity index is 1670. The number of nitrogens with zero attached hydrogens (tertiary/aromatic N) is 1. The summed E-state index contributed by atoms with van der Waals surface area (Å²) >= 11 is 0. The molecule has 0 amide bonds. The van der Waals surface area contributed by atoms with Crippen molar-refractivity contribution in [1.82, 2.24) is 5.32 Å². The van der Waals surface area contributed by atoms with Crippen LogP contribution >= 0.6 is 0 Å². The molecular formula is C32H37N3O15. The number of carboxylic acids is 1. The number of carboxylic acid groups (broad SMARTS) is 1. The third-order valence-corrected chi connectivity index (χ3v) is 7.38. The smallest absolute Gasteiger partial charge is 0.344 e. The van der Waals surface area contributed by atoms with Crippen molar-refractivity contribution in [2.45, 2.75) is 43.4 Å². The highest BCUT2D eigenvalue weighted by Gasteiger charge is 2.49. The molecule has 10 N–H and O–H groups in total. The molecule has 1 aliphatic heterocycles. The van der Waals surface area contributed by atoms with Gasteiger partial charge in [0.2, 0.25) is 24.1 Å². The first-order chi connectivity index (χ1) is 23.9. The quantitative estimate of drug-likeness (QED) is 0.0449. The molecule has 1 aliphatic rings. The first-order valence-electron chi connectivity index (χ1n) is 14.9.